The molecule has 1 heterocycles. The zero-order valence-corrected chi connectivity index (χ0v) is 11.3. The van der Waals surface area contributed by atoms with Crippen LogP contribution in [0.1, 0.15) is 12.0 Å². The van der Waals surface area contributed by atoms with Crippen LogP contribution in [-0.4, -0.2) is 44.0 Å². The number of carboxylic acids is 1. The Morgan fingerprint density at radius 1 is 1.47 bits per heavy atom. The van der Waals surface area contributed by atoms with Gasteiger partial charge in [0, 0.05) is 20.0 Å². The van der Waals surface area contributed by atoms with Crippen molar-refractivity contribution in [3.63, 3.8) is 0 Å². The highest BCUT2D eigenvalue weighted by atomic mass is 32.2. The number of nitrogens with zero attached hydrogens (tertiary/aromatic N) is 1. The van der Waals surface area contributed by atoms with Crippen molar-refractivity contribution in [1.82, 2.24) is 4.31 Å². The van der Waals surface area contributed by atoms with E-state index in [0.717, 1.165) is 9.87 Å². The normalized spacial score (nSPS) is 14.2. The molecule has 0 atom stereocenters. The summed E-state index contributed by atoms with van der Waals surface area (Å²) in [4.78, 5) is 10.6. The van der Waals surface area contributed by atoms with Gasteiger partial charge in [-0.25, -0.2) is 12.7 Å². The largest absolute Gasteiger partial charge is 0.492 e. The van der Waals surface area contributed by atoms with Gasteiger partial charge in [-0.3, -0.25) is 4.79 Å². The topological polar surface area (TPSA) is 83.9 Å². The molecule has 7 heteroatoms. The van der Waals surface area contributed by atoms with Gasteiger partial charge in [-0.1, -0.05) is 12.1 Å². The number of hydrogen-bond acceptors (Lipinski definition) is 4. The summed E-state index contributed by atoms with van der Waals surface area (Å²) < 4.78 is 31.1. The standard InChI is InChI=1S/C12H15NO5S/c1-13(7-5-11(14)15)19(16,17)10-4-2-3-9-6-8-18-12(9)10/h2-4H,5-8H2,1H3,(H,14,15). The summed E-state index contributed by atoms with van der Waals surface area (Å²) in [7, 11) is -2.35. The molecule has 0 bridgehead atoms. The third-order valence-electron chi connectivity index (χ3n) is 3.01. The minimum atomic E-state index is -3.71. The third-order valence-corrected chi connectivity index (χ3v) is 4.89. The van der Waals surface area contributed by atoms with E-state index in [1.807, 2.05) is 6.07 Å². The molecule has 1 N–H and O–H groups in total. The smallest absolute Gasteiger partial charge is 0.304 e. The lowest BCUT2D eigenvalue weighted by Gasteiger charge is -2.17. The lowest BCUT2D eigenvalue weighted by atomic mass is 10.2. The van der Waals surface area contributed by atoms with E-state index in [1.165, 1.54) is 13.1 Å². The summed E-state index contributed by atoms with van der Waals surface area (Å²) in [5.74, 6) is -0.638. The van der Waals surface area contributed by atoms with Crippen molar-refractivity contribution < 1.29 is 23.1 Å². The van der Waals surface area contributed by atoms with Crippen LogP contribution in [0.15, 0.2) is 23.1 Å². The van der Waals surface area contributed by atoms with Crippen LogP contribution >= 0.6 is 0 Å². The van der Waals surface area contributed by atoms with Crippen LogP contribution in [-0.2, 0) is 21.2 Å². The van der Waals surface area contributed by atoms with Crippen LogP contribution < -0.4 is 4.74 Å². The second-order valence-electron chi connectivity index (χ2n) is 4.31. The summed E-state index contributed by atoms with van der Waals surface area (Å²) in [6.45, 7) is 0.405. The first-order valence-corrected chi connectivity index (χ1v) is 7.30. The van der Waals surface area contributed by atoms with Crippen molar-refractivity contribution in [2.24, 2.45) is 0 Å². The highest BCUT2D eigenvalue weighted by Crippen LogP contribution is 2.33. The first-order valence-electron chi connectivity index (χ1n) is 5.86. The van der Waals surface area contributed by atoms with Crippen molar-refractivity contribution in [1.29, 1.82) is 0 Å². The number of rotatable bonds is 5. The number of hydrogen-bond donors (Lipinski definition) is 1. The molecule has 0 saturated heterocycles. The van der Waals surface area contributed by atoms with Crippen LogP contribution in [0.5, 0.6) is 5.75 Å². The van der Waals surface area contributed by atoms with Gasteiger partial charge in [0.25, 0.3) is 0 Å². The molecule has 1 aliphatic rings. The molecule has 1 aliphatic heterocycles. The Hall–Kier alpha value is -1.60. The summed E-state index contributed by atoms with van der Waals surface area (Å²) in [5, 5.41) is 8.61. The lowest BCUT2D eigenvalue weighted by molar-refractivity contribution is -0.137. The van der Waals surface area contributed by atoms with E-state index >= 15 is 0 Å². The number of carbonyl (C=O) groups is 1. The Labute approximate surface area is 111 Å². The molecular weight excluding hydrogens is 270 g/mol. The second-order valence-corrected chi connectivity index (χ2v) is 6.33. The van der Waals surface area contributed by atoms with Gasteiger partial charge in [0.05, 0.1) is 13.0 Å². The molecule has 0 aromatic heterocycles. The van der Waals surface area contributed by atoms with Crippen LogP contribution in [0.3, 0.4) is 0 Å². The minimum Gasteiger partial charge on any atom is -0.492 e. The van der Waals surface area contributed by atoms with Gasteiger partial charge in [0.1, 0.15) is 10.6 Å². The van der Waals surface area contributed by atoms with Crippen molar-refractivity contribution in [3.8, 4) is 5.75 Å². The van der Waals surface area contributed by atoms with Crippen LogP contribution in [0.2, 0.25) is 0 Å². The van der Waals surface area contributed by atoms with Crippen LogP contribution in [0.4, 0.5) is 0 Å². The van der Waals surface area contributed by atoms with E-state index in [9.17, 15) is 13.2 Å². The maximum absolute atomic E-state index is 12.4. The Morgan fingerprint density at radius 3 is 2.89 bits per heavy atom. The Morgan fingerprint density at radius 2 is 2.21 bits per heavy atom. The third kappa shape index (κ3) is 2.71. The number of carboxylic acid groups (broad SMARTS) is 1. The number of sulfonamides is 1. The first kappa shape index (κ1) is 13.8. The van der Waals surface area contributed by atoms with Crippen LogP contribution in [0.25, 0.3) is 0 Å². The number of benzene rings is 1. The molecule has 2 rings (SSSR count). The van der Waals surface area contributed by atoms with Crippen molar-refractivity contribution >= 4 is 16.0 Å². The summed E-state index contributed by atoms with van der Waals surface area (Å²) >= 11 is 0. The van der Waals surface area contributed by atoms with Gasteiger partial charge >= 0.3 is 5.97 Å². The fraction of sp³-hybridized carbons (Fsp3) is 0.417. The SMILES string of the molecule is CN(CCC(=O)O)S(=O)(=O)c1cccc2c1OCC2. The predicted molar refractivity (Wildman–Crippen MR) is 67.7 cm³/mol. The van der Waals surface area contributed by atoms with E-state index in [2.05, 4.69) is 0 Å². The molecule has 104 valence electrons. The number of ether oxygens (including phenoxy) is 1. The molecule has 19 heavy (non-hydrogen) atoms. The molecule has 1 aromatic carbocycles. The molecule has 0 fully saturated rings. The highest BCUT2D eigenvalue weighted by molar-refractivity contribution is 7.89. The molecule has 0 radical (unpaired) electrons. The molecular formula is C12H15NO5S. The fourth-order valence-electron chi connectivity index (χ4n) is 1.93. The van der Waals surface area contributed by atoms with Gasteiger partial charge in [-0.15, -0.1) is 0 Å². The van der Waals surface area contributed by atoms with E-state index in [1.54, 1.807) is 6.07 Å². The van der Waals surface area contributed by atoms with Gasteiger partial charge in [0.15, 0.2) is 0 Å². The summed E-state index contributed by atoms with van der Waals surface area (Å²) in [6.07, 6.45) is 0.461. The molecule has 0 spiro atoms. The van der Waals surface area contributed by atoms with Crippen molar-refractivity contribution in [2.45, 2.75) is 17.7 Å². The van der Waals surface area contributed by atoms with E-state index in [0.29, 0.717) is 18.8 Å². The van der Waals surface area contributed by atoms with E-state index < -0.39 is 16.0 Å². The predicted octanol–water partition coefficient (Wildman–Crippen LogP) is 0.717. The molecule has 0 unspecified atom stereocenters. The van der Waals surface area contributed by atoms with Gasteiger partial charge < -0.3 is 9.84 Å². The quantitative estimate of drug-likeness (QED) is 0.861. The molecule has 0 saturated carbocycles. The summed E-state index contributed by atoms with van der Waals surface area (Å²) in [5.41, 5.74) is 0.868. The lowest BCUT2D eigenvalue weighted by Crippen LogP contribution is -2.29. The second kappa shape index (κ2) is 5.18. The van der Waals surface area contributed by atoms with E-state index in [4.69, 9.17) is 9.84 Å². The molecule has 0 amide bonds. The maximum atomic E-state index is 12.4. The van der Waals surface area contributed by atoms with E-state index in [-0.39, 0.29) is 17.9 Å². The van der Waals surface area contributed by atoms with Crippen LogP contribution in [0, 0.1) is 0 Å². The zero-order chi connectivity index (χ0) is 14.0. The zero-order valence-electron chi connectivity index (χ0n) is 10.5. The van der Waals surface area contributed by atoms with Gasteiger partial charge in [-0.2, -0.15) is 0 Å². The number of aliphatic carboxylic acids is 1. The average molecular weight is 285 g/mol. The molecule has 1 aromatic rings. The Balaban J connectivity index is 2.30. The minimum absolute atomic E-state index is 0.0681. The van der Waals surface area contributed by atoms with Crippen molar-refractivity contribution in [3.05, 3.63) is 23.8 Å². The Kier molecular flexibility index (Phi) is 3.77. The number of fused-ring (bicyclic) bond motifs is 1. The summed E-state index contributed by atoms with van der Waals surface area (Å²) in [6, 6.07) is 4.99. The maximum Gasteiger partial charge on any atom is 0.304 e. The Bertz CT molecular complexity index is 596. The van der Waals surface area contributed by atoms with Gasteiger partial charge in [0.2, 0.25) is 10.0 Å². The van der Waals surface area contributed by atoms with Crippen molar-refractivity contribution in [2.75, 3.05) is 20.2 Å². The molecule has 0 aliphatic carbocycles. The monoisotopic (exact) mass is 285 g/mol. The fourth-order valence-corrected chi connectivity index (χ4v) is 3.27. The number of para-hydroxylation sites is 1. The molecule has 6 nitrogen and oxygen atoms in total. The first-order chi connectivity index (χ1) is 8.93. The average Bonchev–Trinajstić information content (AvgIpc) is 2.83. The highest BCUT2D eigenvalue weighted by Gasteiger charge is 2.28. The van der Waals surface area contributed by atoms with Gasteiger partial charge in [-0.05, 0) is 11.6 Å².